The fourth-order valence-corrected chi connectivity index (χ4v) is 1.40. The highest BCUT2D eigenvalue weighted by Crippen LogP contribution is 2.11. The number of hydrogen-bond donors (Lipinski definition) is 0. The molecule has 0 aliphatic carbocycles. The van der Waals surface area contributed by atoms with Crippen LogP contribution in [-0.2, 0) is 14.3 Å². The lowest BCUT2D eigenvalue weighted by atomic mass is 10.2. The first-order valence-corrected chi connectivity index (χ1v) is 5.69. The number of hydrogen-bond acceptors (Lipinski definition) is 3. The fourth-order valence-electron chi connectivity index (χ4n) is 1.20. The first-order valence-electron chi connectivity index (χ1n) is 5.31. The van der Waals surface area contributed by atoms with Crippen molar-refractivity contribution in [2.45, 2.75) is 6.42 Å². The summed E-state index contributed by atoms with van der Waals surface area (Å²) in [7, 11) is 1.61. The zero-order valence-corrected chi connectivity index (χ0v) is 10.4. The molecule has 0 aromatic heterocycles. The summed E-state index contributed by atoms with van der Waals surface area (Å²) in [4.78, 5) is 11.3. The van der Waals surface area contributed by atoms with E-state index in [9.17, 15) is 4.79 Å². The number of ether oxygens (including phenoxy) is 2. The molecule has 1 aromatic rings. The SMILES string of the molecule is COCCCOC(=O)C=Cc1cccc(Cl)c1. The summed E-state index contributed by atoms with van der Waals surface area (Å²) < 4.78 is 9.80. The van der Waals surface area contributed by atoms with Crippen molar-refractivity contribution in [3.8, 4) is 0 Å². The van der Waals surface area contributed by atoms with E-state index in [0.29, 0.717) is 24.7 Å². The molecule has 0 aliphatic rings. The highest BCUT2D eigenvalue weighted by molar-refractivity contribution is 6.30. The first-order chi connectivity index (χ1) is 8.22. The van der Waals surface area contributed by atoms with Crippen LogP contribution >= 0.6 is 11.6 Å². The summed E-state index contributed by atoms with van der Waals surface area (Å²) in [6, 6.07) is 7.24. The summed E-state index contributed by atoms with van der Waals surface area (Å²) in [6.07, 6.45) is 3.76. The lowest BCUT2D eigenvalue weighted by Gasteiger charge is -2.00. The van der Waals surface area contributed by atoms with E-state index in [-0.39, 0.29) is 5.97 Å². The Morgan fingerprint density at radius 1 is 1.41 bits per heavy atom. The molecule has 0 aliphatic heterocycles. The molecule has 1 rings (SSSR count). The maximum Gasteiger partial charge on any atom is 0.330 e. The van der Waals surface area contributed by atoms with Gasteiger partial charge in [-0.05, 0) is 23.8 Å². The van der Waals surface area contributed by atoms with E-state index in [1.165, 1.54) is 6.08 Å². The first kappa shape index (κ1) is 13.7. The van der Waals surface area contributed by atoms with Gasteiger partial charge in [-0.3, -0.25) is 0 Å². The van der Waals surface area contributed by atoms with Gasteiger partial charge in [-0.15, -0.1) is 0 Å². The Morgan fingerprint density at radius 3 is 2.94 bits per heavy atom. The topological polar surface area (TPSA) is 35.5 Å². The number of methoxy groups -OCH3 is 1. The molecule has 0 unspecified atom stereocenters. The Morgan fingerprint density at radius 2 is 2.24 bits per heavy atom. The Balaban J connectivity index is 2.35. The molecule has 0 amide bonds. The van der Waals surface area contributed by atoms with Crippen LogP contribution in [0.1, 0.15) is 12.0 Å². The van der Waals surface area contributed by atoms with Gasteiger partial charge in [0.1, 0.15) is 0 Å². The van der Waals surface area contributed by atoms with Crippen LogP contribution in [0.2, 0.25) is 5.02 Å². The van der Waals surface area contributed by atoms with Crippen molar-refractivity contribution in [3.63, 3.8) is 0 Å². The van der Waals surface area contributed by atoms with E-state index in [0.717, 1.165) is 5.56 Å². The molecule has 0 spiro atoms. The molecule has 92 valence electrons. The van der Waals surface area contributed by atoms with Crippen LogP contribution in [-0.4, -0.2) is 26.3 Å². The van der Waals surface area contributed by atoms with Gasteiger partial charge in [-0.2, -0.15) is 0 Å². The second kappa shape index (κ2) is 7.87. The molecule has 0 atom stereocenters. The summed E-state index contributed by atoms with van der Waals surface area (Å²) in [6.45, 7) is 0.956. The number of benzene rings is 1. The van der Waals surface area contributed by atoms with Crippen molar-refractivity contribution >= 4 is 23.6 Å². The molecule has 0 heterocycles. The lowest BCUT2D eigenvalue weighted by Crippen LogP contribution is -2.04. The monoisotopic (exact) mass is 254 g/mol. The average Bonchev–Trinajstić information content (AvgIpc) is 2.32. The minimum Gasteiger partial charge on any atom is -0.462 e. The van der Waals surface area contributed by atoms with E-state index in [1.807, 2.05) is 12.1 Å². The van der Waals surface area contributed by atoms with E-state index in [1.54, 1.807) is 25.3 Å². The van der Waals surface area contributed by atoms with Gasteiger partial charge in [-0.25, -0.2) is 4.79 Å². The number of carbonyl (C=O) groups is 1. The largest absolute Gasteiger partial charge is 0.462 e. The quantitative estimate of drug-likeness (QED) is 0.445. The molecule has 0 bridgehead atoms. The number of carbonyl (C=O) groups excluding carboxylic acids is 1. The Bertz CT molecular complexity index is 388. The standard InChI is InChI=1S/C13H15ClO3/c1-16-8-3-9-17-13(15)7-6-11-4-2-5-12(14)10-11/h2,4-7,10H,3,8-9H2,1H3. The van der Waals surface area contributed by atoms with Gasteiger partial charge in [0.25, 0.3) is 0 Å². The second-order valence-corrected chi connectivity index (χ2v) is 3.84. The molecular formula is C13H15ClO3. The third-order valence-corrected chi connectivity index (χ3v) is 2.23. The highest BCUT2D eigenvalue weighted by Gasteiger charge is 1.96. The van der Waals surface area contributed by atoms with Crippen molar-refractivity contribution < 1.29 is 14.3 Å². The summed E-state index contributed by atoms with van der Waals surface area (Å²) in [5.41, 5.74) is 0.867. The van der Waals surface area contributed by atoms with Crippen molar-refractivity contribution in [2.75, 3.05) is 20.3 Å². The third-order valence-electron chi connectivity index (χ3n) is 2.00. The molecule has 1 aromatic carbocycles. The van der Waals surface area contributed by atoms with Crippen LogP contribution in [0, 0.1) is 0 Å². The van der Waals surface area contributed by atoms with Gasteiger partial charge >= 0.3 is 5.97 Å². The predicted octanol–water partition coefficient (Wildman–Crippen LogP) is 2.93. The molecule has 0 N–H and O–H groups in total. The highest BCUT2D eigenvalue weighted by atomic mass is 35.5. The molecule has 3 nitrogen and oxygen atoms in total. The molecule has 0 saturated heterocycles. The summed E-state index contributed by atoms with van der Waals surface area (Å²) in [5.74, 6) is -0.360. The normalized spacial score (nSPS) is 10.7. The van der Waals surface area contributed by atoms with Crippen LogP contribution in [0.5, 0.6) is 0 Å². The Kier molecular flexibility index (Phi) is 6.37. The van der Waals surface area contributed by atoms with Crippen molar-refractivity contribution in [1.29, 1.82) is 0 Å². The number of rotatable bonds is 6. The number of halogens is 1. The van der Waals surface area contributed by atoms with Crippen LogP contribution < -0.4 is 0 Å². The maximum atomic E-state index is 11.3. The molecule has 17 heavy (non-hydrogen) atoms. The van der Waals surface area contributed by atoms with E-state index in [4.69, 9.17) is 21.1 Å². The van der Waals surface area contributed by atoms with Crippen molar-refractivity contribution in [3.05, 3.63) is 40.9 Å². The molecule has 0 fully saturated rings. The molecule has 0 radical (unpaired) electrons. The third kappa shape index (κ3) is 6.09. The van der Waals surface area contributed by atoms with Crippen LogP contribution in [0.25, 0.3) is 6.08 Å². The minimum absolute atomic E-state index is 0.360. The van der Waals surface area contributed by atoms with Gasteiger partial charge < -0.3 is 9.47 Å². The van der Waals surface area contributed by atoms with Crippen molar-refractivity contribution in [2.24, 2.45) is 0 Å². The molecule has 0 saturated carbocycles. The fraction of sp³-hybridized carbons (Fsp3) is 0.308. The zero-order valence-electron chi connectivity index (χ0n) is 9.69. The van der Waals surface area contributed by atoms with Crippen LogP contribution in [0.3, 0.4) is 0 Å². The van der Waals surface area contributed by atoms with Gasteiger partial charge in [0.15, 0.2) is 0 Å². The minimum atomic E-state index is -0.360. The maximum absolute atomic E-state index is 11.3. The van der Waals surface area contributed by atoms with Crippen LogP contribution in [0.4, 0.5) is 0 Å². The van der Waals surface area contributed by atoms with Gasteiger partial charge in [0.05, 0.1) is 6.61 Å². The summed E-state index contributed by atoms with van der Waals surface area (Å²) in [5, 5.41) is 0.639. The van der Waals surface area contributed by atoms with E-state index >= 15 is 0 Å². The molecular weight excluding hydrogens is 240 g/mol. The predicted molar refractivity (Wildman–Crippen MR) is 67.9 cm³/mol. The average molecular weight is 255 g/mol. The van der Waals surface area contributed by atoms with E-state index in [2.05, 4.69) is 0 Å². The van der Waals surface area contributed by atoms with Gasteiger partial charge in [-0.1, -0.05) is 23.7 Å². The van der Waals surface area contributed by atoms with Gasteiger partial charge in [0, 0.05) is 31.2 Å². The second-order valence-electron chi connectivity index (χ2n) is 3.40. The molecule has 4 heteroatoms. The van der Waals surface area contributed by atoms with Gasteiger partial charge in [0.2, 0.25) is 0 Å². The number of esters is 1. The van der Waals surface area contributed by atoms with Crippen LogP contribution in [0.15, 0.2) is 30.3 Å². The van der Waals surface area contributed by atoms with E-state index < -0.39 is 0 Å². The zero-order chi connectivity index (χ0) is 12.5. The smallest absolute Gasteiger partial charge is 0.330 e. The summed E-state index contributed by atoms with van der Waals surface area (Å²) >= 11 is 5.81. The Labute approximate surface area is 106 Å². The Hall–Kier alpha value is -1.32. The van der Waals surface area contributed by atoms with Crippen molar-refractivity contribution in [1.82, 2.24) is 0 Å². The lowest BCUT2D eigenvalue weighted by molar-refractivity contribution is -0.138.